The summed E-state index contributed by atoms with van der Waals surface area (Å²) in [7, 11) is 0. The third-order valence-corrected chi connectivity index (χ3v) is 5.19. The van der Waals surface area contributed by atoms with Gasteiger partial charge in [-0.25, -0.2) is 14.4 Å². The maximum atomic E-state index is 13.1. The molecule has 0 aliphatic heterocycles. The normalized spacial score (nSPS) is 15.4. The molecule has 0 radical (unpaired) electrons. The predicted molar refractivity (Wildman–Crippen MR) is 112 cm³/mol. The summed E-state index contributed by atoms with van der Waals surface area (Å²) in [4.78, 5) is 10.2. The number of halogens is 2. The van der Waals surface area contributed by atoms with E-state index in [1.165, 1.54) is 10.4 Å². The molecule has 0 atom stereocenters. The van der Waals surface area contributed by atoms with Crippen LogP contribution in [0.2, 0.25) is 0 Å². The Kier molecular flexibility index (Phi) is 7.18. The largest absolute Gasteiger partial charge is 0.357 e. The first-order valence-corrected chi connectivity index (χ1v) is 9.12. The molecule has 1 aromatic heterocycles. The molecule has 2 N–H and O–H groups in total. The lowest BCUT2D eigenvalue weighted by molar-refractivity contribution is 0.617. The number of rotatable bonds is 6. The average molecular weight is 474 g/mol. The summed E-state index contributed by atoms with van der Waals surface area (Å²) in [6, 6.07) is 6.87. The van der Waals surface area contributed by atoms with Crippen LogP contribution in [-0.4, -0.2) is 24.0 Å². The Morgan fingerprint density at radius 1 is 1.28 bits per heavy atom. The third-order valence-electron chi connectivity index (χ3n) is 4.29. The number of hydrogen-bond acceptors (Lipinski definition) is 3. The summed E-state index contributed by atoms with van der Waals surface area (Å²) in [5.41, 5.74) is 1.31. The zero-order chi connectivity index (χ0) is 17.0. The minimum absolute atomic E-state index is 0. The lowest BCUT2D eigenvalue weighted by Crippen LogP contribution is -2.41. The van der Waals surface area contributed by atoms with Gasteiger partial charge in [0.1, 0.15) is 10.8 Å². The minimum Gasteiger partial charge on any atom is -0.357 e. The molecule has 0 bridgehead atoms. The summed E-state index contributed by atoms with van der Waals surface area (Å²) in [5.74, 6) is 0.620. The standard InChI is InChI=1S/C18H23FN4S.HI/c1-3-20-17(22-11-16-21-10-13(2)24-16)23-12-18(8-9-18)14-4-6-15(19)7-5-14;/h4-7,10H,3,8-9,11-12H2,1-2H3,(H2,20,22,23);1H. The number of aliphatic imine (C=N–C) groups is 1. The van der Waals surface area contributed by atoms with Gasteiger partial charge in [-0.2, -0.15) is 0 Å². The molecule has 1 saturated carbocycles. The molecular weight excluding hydrogens is 450 g/mol. The van der Waals surface area contributed by atoms with Crippen molar-refractivity contribution >= 4 is 41.3 Å². The molecule has 1 fully saturated rings. The fourth-order valence-electron chi connectivity index (χ4n) is 2.74. The SMILES string of the molecule is CCNC(=NCc1ncc(C)s1)NCC1(c2ccc(F)cc2)CC1.I. The van der Waals surface area contributed by atoms with Crippen LogP contribution in [0.1, 0.15) is 35.2 Å². The van der Waals surface area contributed by atoms with E-state index < -0.39 is 0 Å². The van der Waals surface area contributed by atoms with Crippen LogP contribution in [-0.2, 0) is 12.0 Å². The van der Waals surface area contributed by atoms with Crippen LogP contribution < -0.4 is 10.6 Å². The van der Waals surface area contributed by atoms with Gasteiger partial charge in [0.2, 0.25) is 0 Å². The smallest absolute Gasteiger partial charge is 0.191 e. The molecule has 25 heavy (non-hydrogen) atoms. The van der Waals surface area contributed by atoms with Crippen LogP contribution in [0.4, 0.5) is 4.39 Å². The van der Waals surface area contributed by atoms with Crippen molar-refractivity contribution in [2.45, 2.75) is 38.6 Å². The Hall–Kier alpha value is -1.22. The Bertz CT molecular complexity index is 710. The van der Waals surface area contributed by atoms with Gasteiger partial charge in [0.15, 0.2) is 5.96 Å². The van der Waals surface area contributed by atoms with Crippen LogP contribution in [0.25, 0.3) is 0 Å². The van der Waals surface area contributed by atoms with Crippen molar-refractivity contribution in [1.29, 1.82) is 0 Å². The van der Waals surface area contributed by atoms with Gasteiger partial charge in [0, 0.05) is 29.6 Å². The fraction of sp³-hybridized carbons (Fsp3) is 0.444. The molecule has 0 unspecified atom stereocenters. The van der Waals surface area contributed by atoms with E-state index in [1.807, 2.05) is 25.3 Å². The summed E-state index contributed by atoms with van der Waals surface area (Å²) in [6.45, 7) is 6.30. The Morgan fingerprint density at radius 3 is 2.56 bits per heavy atom. The van der Waals surface area contributed by atoms with Crippen LogP contribution in [0, 0.1) is 12.7 Å². The van der Waals surface area contributed by atoms with Crippen LogP contribution in [0.5, 0.6) is 0 Å². The van der Waals surface area contributed by atoms with E-state index in [2.05, 4.69) is 27.5 Å². The maximum absolute atomic E-state index is 13.1. The summed E-state index contributed by atoms with van der Waals surface area (Å²) in [6.07, 6.45) is 4.12. The molecule has 1 heterocycles. The molecule has 7 heteroatoms. The average Bonchev–Trinajstić information content (AvgIpc) is 3.25. The molecule has 2 aromatic rings. The zero-order valence-corrected chi connectivity index (χ0v) is 17.7. The first-order chi connectivity index (χ1) is 11.6. The lowest BCUT2D eigenvalue weighted by Gasteiger charge is -2.19. The number of nitrogens with zero attached hydrogens (tertiary/aromatic N) is 2. The van der Waals surface area contributed by atoms with Gasteiger partial charge >= 0.3 is 0 Å². The highest BCUT2D eigenvalue weighted by atomic mass is 127. The monoisotopic (exact) mass is 474 g/mol. The molecule has 1 aromatic carbocycles. The third kappa shape index (κ3) is 5.37. The molecule has 0 amide bonds. The lowest BCUT2D eigenvalue weighted by atomic mass is 9.96. The molecule has 4 nitrogen and oxygen atoms in total. The molecule has 1 aliphatic rings. The summed E-state index contributed by atoms with van der Waals surface area (Å²) >= 11 is 1.67. The number of hydrogen-bond donors (Lipinski definition) is 2. The van der Waals surface area contributed by atoms with E-state index >= 15 is 0 Å². The van der Waals surface area contributed by atoms with Crippen LogP contribution >= 0.6 is 35.3 Å². The number of aromatic nitrogens is 1. The van der Waals surface area contributed by atoms with Crippen LogP contribution in [0.3, 0.4) is 0 Å². The van der Waals surface area contributed by atoms with Gasteiger partial charge in [-0.05, 0) is 44.4 Å². The fourth-order valence-corrected chi connectivity index (χ4v) is 3.45. The second-order valence-corrected chi connectivity index (χ2v) is 7.52. The van der Waals surface area contributed by atoms with Gasteiger partial charge in [0.25, 0.3) is 0 Å². The molecule has 3 rings (SSSR count). The number of benzene rings is 1. The first-order valence-electron chi connectivity index (χ1n) is 8.31. The van der Waals surface area contributed by atoms with Gasteiger partial charge in [-0.3, -0.25) is 0 Å². The highest BCUT2D eigenvalue weighted by Crippen LogP contribution is 2.47. The number of guanidine groups is 1. The van der Waals surface area contributed by atoms with Crippen molar-refractivity contribution in [3.8, 4) is 0 Å². The van der Waals surface area contributed by atoms with E-state index in [-0.39, 0.29) is 35.2 Å². The second-order valence-electron chi connectivity index (χ2n) is 6.20. The quantitative estimate of drug-likeness (QED) is 0.378. The van der Waals surface area contributed by atoms with Crippen molar-refractivity contribution < 1.29 is 4.39 Å². The number of nitrogens with one attached hydrogen (secondary N) is 2. The van der Waals surface area contributed by atoms with Crippen molar-refractivity contribution in [2.75, 3.05) is 13.1 Å². The highest BCUT2D eigenvalue weighted by molar-refractivity contribution is 14.0. The Labute approximate surface area is 169 Å². The Morgan fingerprint density at radius 2 is 2.00 bits per heavy atom. The van der Waals surface area contributed by atoms with E-state index in [0.29, 0.717) is 6.54 Å². The summed E-state index contributed by atoms with van der Waals surface area (Å²) in [5, 5.41) is 7.73. The number of thiazole rings is 1. The highest BCUT2D eigenvalue weighted by Gasteiger charge is 2.44. The van der Waals surface area contributed by atoms with E-state index in [0.717, 1.165) is 36.9 Å². The molecular formula is C18H24FIN4S. The van der Waals surface area contributed by atoms with Gasteiger partial charge in [0.05, 0.1) is 6.54 Å². The second kappa shape index (κ2) is 8.93. The van der Waals surface area contributed by atoms with Gasteiger partial charge in [-0.15, -0.1) is 35.3 Å². The zero-order valence-electron chi connectivity index (χ0n) is 14.5. The van der Waals surface area contributed by atoms with Crippen molar-refractivity contribution in [1.82, 2.24) is 15.6 Å². The van der Waals surface area contributed by atoms with Crippen molar-refractivity contribution in [3.05, 3.63) is 51.7 Å². The van der Waals surface area contributed by atoms with Gasteiger partial charge < -0.3 is 10.6 Å². The molecule has 0 spiro atoms. The van der Waals surface area contributed by atoms with E-state index in [1.54, 1.807) is 23.5 Å². The molecule has 0 saturated heterocycles. The van der Waals surface area contributed by atoms with Crippen LogP contribution in [0.15, 0.2) is 35.5 Å². The topological polar surface area (TPSA) is 49.3 Å². The predicted octanol–water partition coefficient (Wildman–Crippen LogP) is 4.00. The Balaban J connectivity index is 0.00000225. The van der Waals surface area contributed by atoms with Crippen molar-refractivity contribution in [2.24, 2.45) is 4.99 Å². The molecule has 1 aliphatic carbocycles. The maximum Gasteiger partial charge on any atom is 0.191 e. The summed E-state index contributed by atoms with van der Waals surface area (Å²) < 4.78 is 13.1. The number of aryl methyl sites for hydroxylation is 1. The van der Waals surface area contributed by atoms with Crippen molar-refractivity contribution in [3.63, 3.8) is 0 Å². The minimum atomic E-state index is -0.184. The molecule has 136 valence electrons. The van der Waals surface area contributed by atoms with E-state index in [4.69, 9.17) is 0 Å². The van der Waals surface area contributed by atoms with E-state index in [9.17, 15) is 4.39 Å². The first kappa shape index (κ1) is 20.1. The van der Waals surface area contributed by atoms with Gasteiger partial charge in [-0.1, -0.05) is 12.1 Å².